The molecule has 0 spiro atoms. The van der Waals surface area contributed by atoms with Crippen molar-refractivity contribution in [3.8, 4) is 16.6 Å². The van der Waals surface area contributed by atoms with Crippen LogP contribution in [0.3, 0.4) is 0 Å². The van der Waals surface area contributed by atoms with E-state index in [1.807, 2.05) is 25.1 Å². The Morgan fingerprint density at radius 3 is 2.86 bits per heavy atom. The average Bonchev–Trinajstić information content (AvgIpc) is 2.61. The lowest BCUT2D eigenvalue weighted by molar-refractivity contribution is 0.452. The lowest BCUT2D eigenvalue weighted by Crippen LogP contribution is -1.78. The third-order valence-corrected chi connectivity index (χ3v) is 3.09. The number of pyridine rings is 1. The molecule has 3 nitrogen and oxygen atoms in total. The summed E-state index contributed by atoms with van der Waals surface area (Å²) in [5, 5.41) is 10.2. The molecule has 4 heteroatoms. The van der Waals surface area contributed by atoms with Crippen LogP contribution in [0.4, 0.5) is 0 Å². The van der Waals surface area contributed by atoms with E-state index in [0.717, 1.165) is 22.0 Å². The molecule has 0 unspecified atom stereocenters. The minimum Gasteiger partial charge on any atom is -0.492 e. The second-order valence-corrected chi connectivity index (χ2v) is 3.92. The van der Waals surface area contributed by atoms with E-state index >= 15 is 0 Å². The van der Waals surface area contributed by atoms with Crippen LogP contribution in [-0.4, -0.2) is 15.1 Å². The van der Waals surface area contributed by atoms with Crippen molar-refractivity contribution in [1.29, 1.82) is 0 Å². The van der Waals surface area contributed by atoms with Crippen LogP contribution in [-0.2, 0) is 6.42 Å². The van der Waals surface area contributed by atoms with E-state index in [9.17, 15) is 5.11 Å². The van der Waals surface area contributed by atoms with E-state index in [1.54, 1.807) is 6.20 Å². The smallest absolute Gasteiger partial charge is 0.225 e. The molecule has 0 amide bonds. The molecule has 72 valence electrons. The Kier molecular flexibility index (Phi) is 2.45. The summed E-state index contributed by atoms with van der Waals surface area (Å²) in [6, 6.07) is 5.65. The fourth-order valence-corrected chi connectivity index (χ4v) is 2.04. The quantitative estimate of drug-likeness (QED) is 0.821. The minimum absolute atomic E-state index is 0.137. The first-order valence-corrected chi connectivity index (χ1v) is 5.23. The van der Waals surface area contributed by atoms with Crippen molar-refractivity contribution in [3.05, 3.63) is 29.3 Å². The lowest BCUT2D eigenvalue weighted by Gasteiger charge is -1.91. The number of rotatable bonds is 2. The van der Waals surface area contributed by atoms with Crippen molar-refractivity contribution in [2.45, 2.75) is 13.3 Å². The first-order chi connectivity index (χ1) is 6.81. The van der Waals surface area contributed by atoms with Gasteiger partial charge in [0.05, 0.1) is 10.6 Å². The van der Waals surface area contributed by atoms with Gasteiger partial charge < -0.3 is 5.11 Å². The van der Waals surface area contributed by atoms with Gasteiger partial charge in [0.2, 0.25) is 5.88 Å². The molecular formula is C10H10N2OS. The predicted molar refractivity (Wildman–Crippen MR) is 56.4 cm³/mol. The van der Waals surface area contributed by atoms with Crippen LogP contribution in [0.25, 0.3) is 10.7 Å². The normalized spacial score (nSPS) is 10.4. The molecule has 0 aromatic carbocycles. The molecule has 0 aliphatic carbocycles. The zero-order chi connectivity index (χ0) is 9.97. The molecule has 0 atom stereocenters. The van der Waals surface area contributed by atoms with Gasteiger partial charge in [0, 0.05) is 6.20 Å². The lowest BCUT2D eigenvalue weighted by atomic mass is 10.4. The van der Waals surface area contributed by atoms with Gasteiger partial charge in [0.15, 0.2) is 0 Å². The summed E-state index contributed by atoms with van der Waals surface area (Å²) in [5.41, 5.74) is 0.813. The third kappa shape index (κ3) is 1.61. The van der Waals surface area contributed by atoms with Gasteiger partial charge in [0.1, 0.15) is 5.01 Å². The van der Waals surface area contributed by atoms with Crippen molar-refractivity contribution in [2.75, 3.05) is 0 Å². The zero-order valence-corrected chi connectivity index (χ0v) is 8.58. The monoisotopic (exact) mass is 206 g/mol. The standard InChI is InChI=1S/C10H10N2OS/c1-2-8-9(13)12-10(14-8)7-5-3-4-6-11-7/h3-6,13H,2H2,1H3. The maximum atomic E-state index is 9.46. The van der Waals surface area contributed by atoms with Crippen molar-refractivity contribution in [2.24, 2.45) is 0 Å². The van der Waals surface area contributed by atoms with Crippen molar-refractivity contribution in [3.63, 3.8) is 0 Å². The zero-order valence-electron chi connectivity index (χ0n) is 7.77. The van der Waals surface area contributed by atoms with Gasteiger partial charge in [-0.1, -0.05) is 13.0 Å². The Balaban J connectivity index is 2.43. The number of hydrogen-bond donors (Lipinski definition) is 1. The Morgan fingerprint density at radius 1 is 1.43 bits per heavy atom. The number of aromatic nitrogens is 2. The van der Waals surface area contributed by atoms with Crippen LogP contribution in [0.1, 0.15) is 11.8 Å². The molecule has 2 rings (SSSR count). The van der Waals surface area contributed by atoms with Gasteiger partial charge in [-0.05, 0) is 18.6 Å². The van der Waals surface area contributed by atoms with Gasteiger partial charge in [-0.3, -0.25) is 4.98 Å². The molecule has 0 saturated heterocycles. The van der Waals surface area contributed by atoms with E-state index in [4.69, 9.17) is 0 Å². The van der Waals surface area contributed by atoms with Crippen LogP contribution < -0.4 is 0 Å². The highest BCUT2D eigenvalue weighted by atomic mass is 32.1. The molecule has 0 fully saturated rings. The summed E-state index contributed by atoms with van der Waals surface area (Å²) < 4.78 is 0. The Labute approximate surface area is 86.1 Å². The molecule has 0 bridgehead atoms. The fraction of sp³-hybridized carbons (Fsp3) is 0.200. The molecule has 1 N–H and O–H groups in total. The van der Waals surface area contributed by atoms with E-state index < -0.39 is 0 Å². The van der Waals surface area contributed by atoms with E-state index in [2.05, 4.69) is 9.97 Å². The minimum atomic E-state index is 0.137. The summed E-state index contributed by atoms with van der Waals surface area (Å²) >= 11 is 1.49. The molecule has 2 aromatic rings. The number of aromatic hydroxyl groups is 1. The summed E-state index contributed by atoms with van der Waals surface area (Å²) in [6.45, 7) is 2.00. The maximum absolute atomic E-state index is 9.46. The molecule has 0 aliphatic rings. The van der Waals surface area contributed by atoms with Crippen molar-refractivity contribution in [1.82, 2.24) is 9.97 Å². The van der Waals surface area contributed by atoms with Crippen LogP contribution >= 0.6 is 11.3 Å². The number of thiazole rings is 1. The second-order valence-electron chi connectivity index (χ2n) is 2.83. The summed E-state index contributed by atoms with van der Waals surface area (Å²) in [6.07, 6.45) is 2.52. The van der Waals surface area contributed by atoms with Crippen molar-refractivity contribution < 1.29 is 5.11 Å². The molecule has 0 radical (unpaired) electrons. The van der Waals surface area contributed by atoms with Gasteiger partial charge in [-0.25, -0.2) is 0 Å². The molecule has 14 heavy (non-hydrogen) atoms. The summed E-state index contributed by atoms with van der Waals surface area (Å²) in [7, 11) is 0. The second kappa shape index (κ2) is 3.75. The Bertz CT molecular complexity index is 425. The van der Waals surface area contributed by atoms with Crippen LogP contribution in [0, 0.1) is 0 Å². The third-order valence-electron chi connectivity index (χ3n) is 1.88. The van der Waals surface area contributed by atoms with Gasteiger partial charge >= 0.3 is 0 Å². The molecule has 0 aliphatic heterocycles. The number of nitrogens with zero attached hydrogens (tertiary/aromatic N) is 2. The summed E-state index contributed by atoms with van der Waals surface area (Å²) in [5.74, 6) is 0.137. The highest BCUT2D eigenvalue weighted by Crippen LogP contribution is 2.30. The molecule has 0 saturated carbocycles. The fourth-order valence-electron chi connectivity index (χ4n) is 1.17. The van der Waals surface area contributed by atoms with Gasteiger partial charge in [-0.2, -0.15) is 4.98 Å². The van der Waals surface area contributed by atoms with Crippen LogP contribution in [0.15, 0.2) is 24.4 Å². The largest absolute Gasteiger partial charge is 0.492 e. The molecule has 2 aromatic heterocycles. The Morgan fingerprint density at radius 2 is 2.29 bits per heavy atom. The van der Waals surface area contributed by atoms with Crippen molar-refractivity contribution >= 4 is 11.3 Å². The van der Waals surface area contributed by atoms with Crippen LogP contribution in [0.5, 0.6) is 5.88 Å². The summed E-state index contributed by atoms with van der Waals surface area (Å²) in [4.78, 5) is 9.15. The van der Waals surface area contributed by atoms with E-state index in [0.29, 0.717) is 0 Å². The van der Waals surface area contributed by atoms with Gasteiger partial charge in [0.25, 0.3) is 0 Å². The number of aryl methyl sites for hydroxylation is 1. The highest BCUT2D eigenvalue weighted by Gasteiger charge is 2.10. The number of hydrogen-bond acceptors (Lipinski definition) is 4. The molecular weight excluding hydrogens is 196 g/mol. The van der Waals surface area contributed by atoms with E-state index in [-0.39, 0.29) is 5.88 Å². The first-order valence-electron chi connectivity index (χ1n) is 4.41. The predicted octanol–water partition coefficient (Wildman–Crippen LogP) is 2.47. The van der Waals surface area contributed by atoms with Crippen LogP contribution in [0.2, 0.25) is 0 Å². The van der Waals surface area contributed by atoms with Gasteiger partial charge in [-0.15, -0.1) is 11.3 Å². The Hall–Kier alpha value is -1.42. The highest BCUT2D eigenvalue weighted by molar-refractivity contribution is 7.15. The first kappa shape index (κ1) is 9.15. The van der Waals surface area contributed by atoms with E-state index in [1.165, 1.54) is 11.3 Å². The SMILES string of the molecule is CCc1sc(-c2ccccn2)nc1O. The maximum Gasteiger partial charge on any atom is 0.225 e. The average molecular weight is 206 g/mol. The topological polar surface area (TPSA) is 46.0 Å². The molecule has 2 heterocycles.